The highest BCUT2D eigenvalue weighted by Crippen LogP contribution is 2.43. The molecule has 0 unspecified atom stereocenters. The zero-order valence-corrected chi connectivity index (χ0v) is 40.5. The predicted octanol–water partition coefficient (Wildman–Crippen LogP) is 18.1. The van der Waals surface area contributed by atoms with Crippen molar-refractivity contribution in [2.24, 2.45) is 0 Å². The molecule has 10 aromatic carbocycles. The second-order valence-electron chi connectivity index (χ2n) is 18.5. The van der Waals surface area contributed by atoms with E-state index in [1.807, 2.05) is 24.3 Å². The number of benzene rings is 10. The minimum Gasteiger partial charge on any atom is -0.310 e. The van der Waals surface area contributed by atoms with Crippen molar-refractivity contribution in [3.8, 4) is 50.7 Å². The number of para-hydroxylation sites is 2. The van der Waals surface area contributed by atoms with Crippen LogP contribution in [0.1, 0.15) is 16.7 Å². The van der Waals surface area contributed by atoms with E-state index in [1.165, 1.54) is 33.0 Å². The van der Waals surface area contributed by atoms with Gasteiger partial charge in [-0.3, -0.25) is 0 Å². The van der Waals surface area contributed by atoms with Crippen LogP contribution in [0.3, 0.4) is 0 Å². The van der Waals surface area contributed by atoms with E-state index in [0.717, 1.165) is 84.5 Å². The van der Waals surface area contributed by atoms with Gasteiger partial charge >= 0.3 is 0 Å². The van der Waals surface area contributed by atoms with Crippen molar-refractivity contribution < 1.29 is 0 Å². The van der Waals surface area contributed by atoms with E-state index in [9.17, 15) is 0 Å². The van der Waals surface area contributed by atoms with Crippen molar-refractivity contribution in [1.29, 1.82) is 0 Å². The van der Waals surface area contributed by atoms with Gasteiger partial charge in [0.1, 0.15) is 0 Å². The first-order valence-electron chi connectivity index (χ1n) is 24.6. The second-order valence-corrected chi connectivity index (χ2v) is 18.5. The third-order valence-corrected chi connectivity index (χ3v) is 13.6. The van der Waals surface area contributed by atoms with Gasteiger partial charge in [0.25, 0.3) is 0 Å². The largest absolute Gasteiger partial charge is 0.310 e. The molecule has 0 atom stereocenters. The SMILES string of the molecule is Cc1ccc(N(c2ccc(C)cc2)c2ccc3c(c2)c2cc(N(c4ccccc4)c4ccccc4)ccc2n3-c2ccc(-c3ccc(-c4cc(-c5ccccc5)nc(-c5ccccc5)n4)cc3)c(C)c2)cc1. The van der Waals surface area contributed by atoms with Crippen molar-refractivity contribution in [3.05, 3.63) is 271 Å². The van der Waals surface area contributed by atoms with E-state index in [4.69, 9.17) is 9.97 Å². The number of nitrogens with zero attached hydrogens (tertiary/aromatic N) is 5. The molecule has 0 bridgehead atoms. The van der Waals surface area contributed by atoms with Gasteiger partial charge in [-0.15, -0.1) is 0 Å². The molecule has 0 fully saturated rings. The molecule has 0 radical (unpaired) electrons. The molecule has 344 valence electrons. The molecule has 0 aliphatic rings. The van der Waals surface area contributed by atoms with Gasteiger partial charge in [-0.05, 0) is 141 Å². The van der Waals surface area contributed by atoms with E-state index < -0.39 is 0 Å². The minimum atomic E-state index is 0.708. The molecule has 0 aliphatic carbocycles. The molecular formula is C67H51N5. The molecule has 0 spiro atoms. The zero-order valence-electron chi connectivity index (χ0n) is 40.5. The van der Waals surface area contributed by atoms with Crippen LogP contribution in [-0.2, 0) is 0 Å². The predicted molar refractivity (Wildman–Crippen MR) is 302 cm³/mol. The van der Waals surface area contributed by atoms with Crippen molar-refractivity contribution >= 4 is 55.9 Å². The number of aromatic nitrogens is 3. The Hall–Kier alpha value is -9.32. The molecular weight excluding hydrogens is 875 g/mol. The van der Waals surface area contributed by atoms with Crippen LogP contribution in [0, 0.1) is 20.8 Å². The Morgan fingerprint density at radius 1 is 0.319 bits per heavy atom. The summed E-state index contributed by atoms with van der Waals surface area (Å²) in [5.41, 5.74) is 20.8. The van der Waals surface area contributed by atoms with E-state index >= 15 is 0 Å². The van der Waals surface area contributed by atoms with Gasteiger partial charge < -0.3 is 14.4 Å². The van der Waals surface area contributed by atoms with E-state index in [2.05, 4.69) is 266 Å². The fourth-order valence-corrected chi connectivity index (χ4v) is 9.99. The first kappa shape index (κ1) is 43.9. The van der Waals surface area contributed by atoms with Gasteiger partial charge in [0.05, 0.1) is 22.4 Å². The molecule has 2 aromatic heterocycles. The maximum absolute atomic E-state index is 5.09. The van der Waals surface area contributed by atoms with Crippen LogP contribution in [0.5, 0.6) is 0 Å². The summed E-state index contributed by atoms with van der Waals surface area (Å²) >= 11 is 0. The molecule has 12 aromatic rings. The maximum atomic E-state index is 5.09. The quantitative estimate of drug-likeness (QED) is 0.130. The number of aryl methyl sites for hydroxylation is 3. The Kier molecular flexibility index (Phi) is 11.5. The average molecular weight is 926 g/mol. The summed E-state index contributed by atoms with van der Waals surface area (Å²) in [6.45, 7) is 6.50. The van der Waals surface area contributed by atoms with Crippen LogP contribution in [0.25, 0.3) is 72.5 Å². The molecule has 0 saturated carbocycles. The summed E-state index contributed by atoms with van der Waals surface area (Å²) in [6, 6.07) is 91.1. The fourth-order valence-electron chi connectivity index (χ4n) is 9.99. The summed E-state index contributed by atoms with van der Waals surface area (Å²) in [5.74, 6) is 0.708. The van der Waals surface area contributed by atoms with Crippen molar-refractivity contribution in [3.63, 3.8) is 0 Å². The number of fused-ring (bicyclic) bond motifs is 3. The zero-order chi connectivity index (χ0) is 48.5. The number of anilines is 6. The fraction of sp³-hybridized carbons (Fsp3) is 0.0448. The van der Waals surface area contributed by atoms with Gasteiger partial charge in [0, 0.05) is 67.3 Å². The Labute approximate surface area is 421 Å². The molecule has 0 aliphatic heterocycles. The Morgan fingerprint density at radius 2 is 0.722 bits per heavy atom. The normalized spacial score (nSPS) is 11.3. The highest BCUT2D eigenvalue weighted by atomic mass is 15.1. The highest BCUT2D eigenvalue weighted by molar-refractivity contribution is 6.12. The molecule has 72 heavy (non-hydrogen) atoms. The molecule has 0 amide bonds. The van der Waals surface area contributed by atoms with E-state index in [1.54, 1.807) is 0 Å². The summed E-state index contributed by atoms with van der Waals surface area (Å²) in [7, 11) is 0. The van der Waals surface area contributed by atoms with Gasteiger partial charge in [0.15, 0.2) is 5.82 Å². The average Bonchev–Trinajstić information content (AvgIpc) is 3.76. The Balaban J connectivity index is 0.973. The Bertz CT molecular complexity index is 3710. The Morgan fingerprint density at radius 3 is 1.19 bits per heavy atom. The van der Waals surface area contributed by atoms with Crippen molar-refractivity contribution in [2.75, 3.05) is 9.80 Å². The molecule has 5 heteroatoms. The molecule has 0 N–H and O–H groups in total. The lowest BCUT2D eigenvalue weighted by Crippen LogP contribution is -2.10. The number of hydrogen-bond donors (Lipinski definition) is 0. The lowest BCUT2D eigenvalue weighted by Gasteiger charge is -2.26. The smallest absolute Gasteiger partial charge is 0.160 e. The van der Waals surface area contributed by atoms with Crippen LogP contribution in [0.15, 0.2) is 255 Å². The lowest BCUT2D eigenvalue weighted by atomic mass is 9.98. The summed E-state index contributed by atoms with van der Waals surface area (Å²) < 4.78 is 2.43. The number of hydrogen-bond acceptors (Lipinski definition) is 4. The molecule has 5 nitrogen and oxygen atoms in total. The standard InChI is InChI=1S/C67H51N5/c1-46-24-32-55(33-25-46)71(56-34-26-47(2)27-35-56)59-38-41-66-62(44-59)61-43-58(70(53-20-12-6-13-21-53)54-22-14-7-15-23-54)37-40-65(61)72(66)57-36-39-60(48(3)42-57)49-28-30-51(31-29-49)64-45-63(50-16-8-4-9-17-50)68-67(69-64)52-18-10-5-11-19-52/h4-45H,1-3H3. The minimum absolute atomic E-state index is 0.708. The van der Waals surface area contributed by atoms with Gasteiger partial charge in [0.2, 0.25) is 0 Å². The van der Waals surface area contributed by atoms with E-state index in [-0.39, 0.29) is 0 Å². The summed E-state index contributed by atoms with van der Waals surface area (Å²) in [4.78, 5) is 14.8. The first-order valence-corrected chi connectivity index (χ1v) is 24.6. The third kappa shape index (κ3) is 8.48. The van der Waals surface area contributed by atoms with Gasteiger partial charge in [-0.2, -0.15) is 0 Å². The lowest BCUT2D eigenvalue weighted by molar-refractivity contribution is 1.17. The van der Waals surface area contributed by atoms with Crippen LogP contribution in [0.4, 0.5) is 34.1 Å². The van der Waals surface area contributed by atoms with Crippen molar-refractivity contribution in [2.45, 2.75) is 20.8 Å². The van der Waals surface area contributed by atoms with Crippen LogP contribution >= 0.6 is 0 Å². The third-order valence-electron chi connectivity index (χ3n) is 13.6. The second kappa shape index (κ2) is 18.9. The highest BCUT2D eigenvalue weighted by Gasteiger charge is 2.21. The van der Waals surface area contributed by atoms with Crippen LogP contribution < -0.4 is 9.80 Å². The molecule has 12 rings (SSSR count). The first-order chi connectivity index (χ1) is 35.4. The molecule has 2 heterocycles. The van der Waals surface area contributed by atoms with Gasteiger partial charge in [-0.1, -0.05) is 163 Å². The summed E-state index contributed by atoms with van der Waals surface area (Å²) in [6.07, 6.45) is 0. The van der Waals surface area contributed by atoms with Crippen molar-refractivity contribution in [1.82, 2.24) is 14.5 Å². The number of rotatable bonds is 11. The van der Waals surface area contributed by atoms with Crippen LogP contribution in [-0.4, -0.2) is 14.5 Å². The topological polar surface area (TPSA) is 37.2 Å². The van der Waals surface area contributed by atoms with Gasteiger partial charge in [-0.25, -0.2) is 9.97 Å². The maximum Gasteiger partial charge on any atom is 0.160 e. The monoisotopic (exact) mass is 925 g/mol. The van der Waals surface area contributed by atoms with E-state index in [0.29, 0.717) is 5.82 Å². The van der Waals surface area contributed by atoms with Crippen LogP contribution in [0.2, 0.25) is 0 Å². The summed E-state index contributed by atoms with van der Waals surface area (Å²) in [5, 5.41) is 2.34. The molecule has 0 saturated heterocycles.